The molecule has 0 spiro atoms. The van der Waals surface area contributed by atoms with E-state index in [1.165, 1.54) is 0 Å². The van der Waals surface area contributed by atoms with Crippen LogP contribution in [0, 0.1) is 6.92 Å². The molecule has 1 aromatic heterocycles. The second-order valence-electron chi connectivity index (χ2n) is 6.28. The van der Waals surface area contributed by atoms with Crippen molar-refractivity contribution < 1.29 is 14.6 Å². The van der Waals surface area contributed by atoms with Crippen molar-refractivity contribution >= 4 is 17.6 Å². The zero-order valence-electron chi connectivity index (χ0n) is 15.2. The number of ether oxygens (including phenoxy) is 1. The van der Waals surface area contributed by atoms with E-state index in [1.54, 1.807) is 0 Å². The predicted octanol–water partition coefficient (Wildman–Crippen LogP) is 4.85. The molecule has 0 bridgehead atoms. The van der Waals surface area contributed by atoms with Gasteiger partial charge in [-0.3, -0.25) is 4.79 Å². The maximum Gasteiger partial charge on any atom is 0.312 e. The molecule has 1 heterocycles. The van der Waals surface area contributed by atoms with E-state index in [-0.39, 0.29) is 5.15 Å². The first-order valence-corrected chi connectivity index (χ1v) is 9.13. The molecule has 5 nitrogen and oxygen atoms in total. The van der Waals surface area contributed by atoms with E-state index in [1.807, 2.05) is 62.4 Å². The molecule has 0 radical (unpaired) electrons. The second kappa shape index (κ2) is 8.27. The Bertz CT molecular complexity index is 938. The number of halogens is 1. The number of hydrogen-bond acceptors (Lipinski definition) is 3. The maximum atomic E-state index is 11.9. The molecule has 3 rings (SSSR count). The van der Waals surface area contributed by atoms with Crippen molar-refractivity contribution in [1.29, 1.82) is 0 Å². The number of carboxylic acids is 1. The average Bonchev–Trinajstić information content (AvgIpc) is 3.04. The van der Waals surface area contributed by atoms with Crippen molar-refractivity contribution in [2.45, 2.75) is 26.2 Å². The van der Waals surface area contributed by atoms with Crippen molar-refractivity contribution in [3.05, 3.63) is 70.5 Å². The molecule has 2 aromatic carbocycles. The van der Waals surface area contributed by atoms with E-state index in [0.717, 1.165) is 22.4 Å². The minimum atomic E-state index is -0.952. The van der Waals surface area contributed by atoms with Gasteiger partial charge in [-0.15, -0.1) is 0 Å². The zero-order chi connectivity index (χ0) is 19.4. The maximum absolute atomic E-state index is 11.9. The van der Waals surface area contributed by atoms with Gasteiger partial charge in [0.2, 0.25) is 0 Å². The van der Waals surface area contributed by atoms with Crippen LogP contribution in [0.25, 0.3) is 11.4 Å². The Balaban J connectivity index is 1.90. The van der Waals surface area contributed by atoms with Gasteiger partial charge < -0.3 is 14.8 Å². The van der Waals surface area contributed by atoms with Gasteiger partial charge in [-0.05, 0) is 37.5 Å². The number of hydrogen-bond donors (Lipinski definition) is 2. The van der Waals surface area contributed by atoms with Gasteiger partial charge in [0.15, 0.2) is 5.15 Å². The first-order chi connectivity index (χ1) is 13.0. The lowest BCUT2D eigenvalue weighted by Crippen LogP contribution is -2.15. The number of aromatic amines is 1. The van der Waals surface area contributed by atoms with Crippen molar-refractivity contribution in [3.63, 3.8) is 0 Å². The lowest BCUT2D eigenvalue weighted by molar-refractivity contribution is -0.138. The number of nitrogens with zero attached hydrogens (tertiary/aromatic N) is 1. The standard InChI is InChI=1S/C21H21ClN2O3/c1-3-27-17-10-9-14(11-13(17)2)12-16(21(25)26)18-19(22)24-20(23-18)15-7-5-4-6-8-15/h4-11,16H,3,12H2,1-2H3,(H,23,24)(H,25,26). The Kier molecular flexibility index (Phi) is 5.81. The van der Waals surface area contributed by atoms with Gasteiger partial charge in [-0.25, -0.2) is 4.98 Å². The smallest absolute Gasteiger partial charge is 0.312 e. The molecule has 3 aromatic rings. The molecule has 27 heavy (non-hydrogen) atoms. The molecule has 2 N–H and O–H groups in total. The van der Waals surface area contributed by atoms with Crippen LogP contribution in [0.2, 0.25) is 5.15 Å². The number of aromatic nitrogens is 2. The summed E-state index contributed by atoms with van der Waals surface area (Å²) in [7, 11) is 0. The number of aryl methyl sites for hydroxylation is 1. The SMILES string of the molecule is CCOc1ccc(CC(C(=O)O)c2[nH]c(-c3ccccc3)nc2Cl)cc1C. The Morgan fingerprint density at radius 2 is 2.00 bits per heavy atom. The number of carboxylic acid groups (broad SMARTS) is 1. The van der Waals surface area contributed by atoms with Gasteiger partial charge >= 0.3 is 5.97 Å². The molecule has 1 atom stereocenters. The quantitative estimate of drug-likeness (QED) is 0.610. The van der Waals surface area contributed by atoms with Crippen LogP contribution < -0.4 is 4.74 Å². The highest BCUT2D eigenvalue weighted by molar-refractivity contribution is 6.30. The van der Waals surface area contributed by atoms with Gasteiger partial charge in [0.1, 0.15) is 17.5 Å². The summed E-state index contributed by atoms with van der Waals surface area (Å²) < 4.78 is 5.55. The van der Waals surface area contributed by atoms with E-state index >= 15 is 0 Å². The highest BCUT2D eigenvalue weighted by Gasteiger charge is 2.26. The molecule has 0 saturated carbocycles. The van der Waals surface area contributed by atoms with Crippen LogP contribution in [0.1, 0.15) is 29.7 Å². The van der Waals surface area contributed by atoms with E-state index < -0.39 is 11.9 Å². The topological polar surface area (TPSA) is 75.2 Å². The third kappa shape index (κ3) is 4.31. The van der Waals surface area contributed by atoms with Gasteiger partial charge in [0, 0.05) is 5.56 Å². The van der Waals surface area contributed by atoms with Crippen molar-refractivity contribution in [2.24, 2.45) is 0 Å². The van der Waals surface area contributed by atoms with Crippen LogP contribution >= 0.6 is 11.6 Å². The normalized spacial score (nSPS) is 12.0. The fourth-order valence-electron chi connectivity index (χ4n) is 3.03. The minimum absolute atomic E-state index is 0.184. The largest absolute Gasteiger partial charge is 0.494 e. The van der Waals surface area contributed by atoms with Crippen molar-refractivity contribution in [2.75, 3.05) is 6.61 Å². The highest BCUT2D eigenvalue weighted by Crippen LogP contribution is 2.30. The molecule has 0 amide bonds. The first-order valence-electron chi connectivity index (χ1n) is 8.75. The molecule has 0 aliphatic rings. The third-order valence-corrected chi connectivity index (χ3v) is 4.65. The van der Waals surface area contributed by atoms with E-state index in [2.05, 4.69) is 9.97 Å². The molecule has 0 fully saturated rings. The minimum Gasteiger partial charge on any atom is -0.494 e. The zero-order valence-corrected chi connectivity index (χ0v) is 16.0. The second-order valence-corrected chi connectivity index (χ2v) is 6.64. The van der Waals surface area contributed by atoms with Crippen LogP contribution in [-0.2, 0) is 11.2 Å². The Hall–Kier alpha value is -2.79. The lowest BCUT2D eigenvalue weighted by Gasteiger charge is -2.13. The molecule has 6 heteroatoms. The number of rotatable bonds is 7. The molecular formula is C21H21ClN2O3. The summed E-state index contributed by atoms with van der Waals surface area (Å²) in [5.74, 6) is -0.407. The van der Waals surface area contributed by atoms with Crippen LogP contribution in [-0.4, -0.2) is 27.7 Å². The van der Waals surface area contributed by atoms with Crippen molar-refractivity contribution in [1.82, 2.24) is 9.97 Å². The van der Waals surface area contributed by atoms with E-state index in [0.29, 0.717) is 24.5 Å². The van der Waals surface area contributed by atoms with Gasteiger partial charge in [0.05, 0.1) is 12.3 Å². The van der Waals surface area contributed by atoms with E-state index in [9.17, 15) is 9.90 Å². The first kappa shape index (κ1) is 19.0. The highest BCUT2D eigenvalue weighted by atomic mass is 35.5. The summed E-state index contributed by atoms with van der Waals surface area (Å²) in [6.45, 7) is 4.46. The molecule has 140 valence electrons. The summed E-state index contributed by atoms with van der Waals surface area (Å²) in [6.07, 6.45) is 0.304. The number of H-pyrrole nitrogens is 1. The number of carbonyl (C=O) groups is 1. The summed E-state index contributed by atoms with van der Waals surface area (Å²) >= 11 is 6.27. The Labute approximate surface area is 163 Å². The summed E-state index contributed by atoms with van der Waals surface area (Å²) in [6, 6.07) is 15.2. The number of nitrogens with one attached hydrogen (secondary N) is 1. The lowest BCUT2D eigenvalue weighted by atomic mass is 9.95. The van der Waals surface area contributed by atoms with Gasteiger partial charge in [-0.2, -0.15) is 0 Å². The number of aliphatic carboxylic acids is 1. The third-order valence-electron chi connectivity index (χ3n) is 4.36. The van der Waals surface area contributed by atoms with Crippen molar-refractivity contribution in [3.8, 4) is 17.1 Å². The van der Waals surface area contributed by atoms with Gasteiger partial charge in [-0.1, -0.05) is 54.1 Å². The Morgan fingerprint density at radius 3 is 2.63 bits per heavy atom. The van der Waals surface area contributed by atoms with Crippen LogP contribution in [0.4, 0.5) is 0 Å². The molecular weight excluding hydrogens is 364 g/mol. The summed E-state index contributed by atoms with van der Waals surface area (Å²) in [4.78, 5) is 19.3. The average molecular weight is 385 g/mol. The van der Waals surface area contributed by atoms with E-state index in [4.69, 9.17) is 16.3 Å². The fourth-order valence-corrected chi connectivity index (χ4v) is 3.30. The Morgan fingerprint density at radius 1 is 1.26 bits per heavy atom. The number of benzene rings is 2. The van der Waals surface area contributed by atoms with Crippen LogP contribution in [0.5, 0.6) is 5.75 Å². The van der Waals surface area contributed by atoms with Gasteiger partial charge in [0.25, 0.3) is 0 Å². The predicted molar refractivity (Wildman–Crippen MR) is 105 cm³/mol. The molecule has 0 saturated heterocycles. The summed E-state index contributed by atoms with van der Waals surface area (Å²) in [5, 5.41) is 9.95. The number of imidazole rings is 1. The van der Waals surface area contributed by atoms with Crippen LogP contribution in [0.3, 0.4) is 0 Å². The molecule has 0 aliphatic heterocycles. The van der Waals surface area contributed by atoms with Crippen LogP contribution in [0.15, 0.2) is 48.5 Å². The molecule has 0 aliphatic carbocycles. The fraction of sp³-hybridized carbons (Fsp3) is 0.238. The summed E-state index contributed by atoms with van der Waals surface area (Å²) in [5.41, 5.74) is 3.13. The monoisotopic (exact) mass is 384 g/mol. The molecule has 1 unspecified atom stereocenters.